The summed E-state index contributed by atoms with van der Waals surface area (Å²) in [6.07, 6.45) is 1.21. The van der Waals surface area contributed by atoms with Crippen molar-refractivity contribution >= 4 is 21.6 Å². The molecule has 0 amide bonds. The fourth-order valence-electron chi connectivity index (χ4n) is 1.76. The second kappa shape index (κ2) is 7.98. The fourth-order valence-corrected chi connectivity index (χ4v) is 2.31. The second-order valence-corrected chi connectivity index (χ2v) is 5.32. The molecule has 0 bridgehead atoms. The zero-order valence-corrected chi connectivity index (χ0v) is 13.5. The zero-order chi connectivity index (χ0) is 16.7. The third-order valence-electron chi connectivity index (χ3n) is 2.85. The van der Waals surface area contributed by atoms with Crippen molar-refractivity contribution in [3.8, 4) is 17.9 Å². The topological polar surface area (TPSA) is 68.8 Å². The predicted molar refractivity (Wildman–Crippen MR) is 87.8 cm³/mol. The van der Waals surface area contributed by atoms with Crippen molar-refractivity contribution in [2.45, 2.75) is 6.61 Å². The predicted octanol–water partition coefficient (Wildman–Crippen LogP) is 4.51. The molecule has 0 radical (unpaired) electrons. The highest BCUT2D eigenvalue weighted by Crippen LogP contribution is 2.32. The van der Waals surface area contributed by atoms with Crippen molar-refractivity contribution in [1.82, 2.24) is 0 Å². The average Bonchev–Trinajstić information content (AvgIpc) is 2.56. The lowest BCUT2D eigenvalue weighted by Gasteiger charge is -2.11. The molecule has 0 aliphatic rings. The summed E-state index contributed by atoms with van der Waals surface area (Å²) in [5.41, 5.74) is 1.21. The molecule has 114 valence electrons. The fraction of sp³-hybridized carbons (Fsp3) is 0.0588. The number of nitrogens with zero attached hydrogens (tertiary/aromatic N) is 2. The van der Waals surface area contributed by atoms with Gasteiger partial charge in [0.1, 0.15) is 24.3 Å². The van der Waals surface area contributed by atoms with E-state index < -0.39 is 5.82 Å². The number of anilines is 1. The molecule has 4 nitrogen and oxygen atoms in total. The second-order valence-electron chi connectivity index (χ2n) is 4.47. The van der Waals surface area contributed by atoms with Gasteiger partial charge in [-0.1, -0.05) is 30.3 Å². The Hall–Kier alpha value is -2.83. The first-order valence-corrected chi connectivity index (χ1v) is 7.36. The van der Waals surface area contributed by atoms with Gasteiger partial charge >= 0.3 is 0 Å². The molecule has 2 aromatic rings. The molecule has 2 aromatic carbocycles. The van der Waals surface area contributed by atoms with Gasteiger partial charge in [0, 0.05) is 18.0 Å². The van der Waals surface area contributed by atoms with Crippen LogP contribution in [0.15, 0.2) is 58.7 Å². The van der Waals surface area contributed by atoms with Crippen LogP contribution in [0.2, 0.25) is 0 Å². The molecule has 1 N–H and O–H groups in total. The molecular weight excluding hydrogens is 361 g/mol. The number of rotatable bonds is 5. The van der Waals surface area contributed by atoms with Gasteiger partial charge in [-0.3, -0.25) is 0 Å². The number of hydrogen-bond acceptors (Lipinski definition) is 4. The minimum absolute atomic E-state index is 0.101. The number of nitrogens with one attached hydrogen (secondary N) is 1. The van der Waals surface area contributed by atoms with E-state index in [1.807, 2.05) is 30.3 Å². The first-order valence-electron chi connectivity index (χ1n) is 6.56. The Kier molecular flexibility index (Phi) is 5.74. The van der Waals surface area contributed by atoms with E-state index >= 15 is 0 Å². The lowest BCUT2D eigenvalue weighted by molar-refractivity contribution is 0.288. The van der Waals surface area contributed by atoms with E-state index in [4.69, 9.17) is 15.3 Å². The van der Waals surface area contributed by atoms with E-state index in [1.54, 1.807) is 18.2 Å². The molecule has 6 heteroatoms. The number of hydrogen-bond donors (Lipinski definition) is 1. The Bertz CT molecular complexity index is 768. The summed E-state index contributed by atoms with van der Waals surface area (Å²) in [4.78, 5) is 0. The first kappa shape index (κ1) is 16.5. The van der Waals surface area contributed by atoms with E-state index in [0.717, 1.165) is 5.56 Å². The monoisotopic (exact) mass is 371 g/mol. The van der Waals surface area contributed by atoms with E-state index in [-0.39, 0.29) is 17.9 Å². The molecule has 0 aliphatic heterocycles. The Morgan fingerprint density at radius 3 is 2.52 bits per heavy atom. The zero-order valence-electron chi connectivity index (χ0n) is 11.9. The molecule has 0 saturated carbocycles. The molecule has 0 heterocycles. The van der Waals surface area contributed by atoms with E-state index in [1.165, 1.54) is 12.3 Å². The van der Waals surface area contributed by atoms with Crippen molar-refractivity contribution < 1.29 is 9.13 Å². The SMILES string of the molecule is N#CC(C#N)=CNc1cc(F)c(OCc2ccccc2)c(Br)c1. The van der Waals surface area contributed by atoms with Gasteiger partial charge in [-0.2, -0.15) is 10.5 Å². The van der Waals surface area contributed by atoms with Crippen molar-refractivity contribution in [2.24, 2.45) is 0 Å². The number of benzene rings is 2. The largest absolute Gasteiger partial charge is 0.485 e. The molecule has 0 spiro atoms. The van der Waals surface area contributed by atoms with Crippen LogP contribution in [0.3, 0.4) is 0 Å². The molecule has 0 fully saturated rings. The van der Waals surface area contributed by atoms with Crippen LogP contribution in [0.25, 0.3) is 0 Å². The maximum absolute atomic E-state index is 14.2. The number of nitriles is 2. The van der Waals surface area contributed by atoms with Crippen molar-refractivity contribution in [3.63, 3.8) is 0 Å². The molecule has 0 aromatic heterocycles. The van der Waals surface area contributed by atoms with Crippen LogP contribution < -0.4 is 10.1 Å². The Morgan fingerprint density at radius 1 is 1.22 bits per heavy atom. The smallest absolute Gasteiger partial charge is 0.169 e. The van der Waals surface area contributed by atoms with Crippen LogP contribution >= 0.6 is 15.9 Å². The van der Waals surface area contributed by atoms with E-state index in [9.17, 15) is 4.39 Å². The Labute approximate surface area is 141 Å². The van der Waals surface area contributed by atoms with Gasteiger partial charge in [-0.05, 0) is 27.6 Å². The number of allylic oxidation sites excluding steroid dienone is 1. The summed E-state index contributed by atoms with van der Waals surface area (Å²) in [5, 5.41) is 20.0. The highest BCUT2D eigenvalue weighted by Gasteiger charge is 2.11. The average molecular weight is 372 g/mol. The van der Waals surface area contributed by atoms with Crippen LogP contribution in [0.1, 0.15) is 5.56 Å². The highest BCUT2D eigenvalue weighted by atomic mass is 79.9. The minimum Gasteiger partial charge on any atom is -0.485 e. The molecule has 2 rings (SSSR count). The quantitative estimate of drug-likeness (QED) is 0.785. The minimum atomic E-state index is -0.554. The number of ether oxygens (including phenoxy) is 1. The van der Waals surface area contributed by atoms with Gasteiger partial charge in [-0.25, -0.2) is 4.39 Å². The highest BCUT2D eigenvalue weighted by molar-refractivity contribution is 9.10. The van der Waals surface area contributed by atoms with Crippen LogP contribution in [-0.2, 0) is 6.61 Å². The van der Waals surface area contributed by atoms with Gasteiger partial charge in [-0.15, -0.1) is 0 Å². The van der Waals surface area contributed by atoms with Crippen LogP contribution in [-0.4, -0.2) is 0 Å². The molecule has 0 saturated heterocycles. The summed E-state index contributed by atoms with van der Waals surface area (Å²) in [6.45, 7) is 0.246. The first-order chi connectivity index (χ1) is 11.1. The molecule has 0 atom stereocenters. The molecule has 0 unspecified atom stereocenters. The molecule has 23 heavy (non-hydrogen) atoms. The third-order valence-corrected chi connectivity index (χ3v) is 3.44. The molecular formula is C17H11BrFN3O. The summed E-state index contributed by atoms with van der Waals surface area (Å²) in [7, 11) is 0. The van der Waals surface area contributed by atoms with E-state index in [0.29, 0.717) is 10.2 Å². The van der Waals surface area contributed by atoms with Crippen LogP contribution in [0.5, 0.6) is 5.75 Å². The van der Waals surface area contributed by atoms with Crippen LogP contribution in [0, 0.1) is 28.5 Å². The third kappa shape index (κ3) is 4.57. The lowest BCUT2D eigenvalue weighted by atomic mass is 10.2. The summed E-state index contributed by atoms with van der Waals surface area (Å²) < 4.78 is 20.1. The van der Waals surface area contributed by atoms with Crippen molar-refractivity contribution in [1.29, 1.82) is 10.5 Å². The maximum atomic E-state index is 14.2. The Morgan fingerprint density at radius 2 is 1.91 bits per heavy atom. The van der Waals surface area contributed by atoms with Gasteiger partial charge in [0.15, 0.2) is 11.6 Å². The van der Waals surface area contributed by atoms with Crippen molar-refractivity contribution in [2.75, 3.05) is 5.32 Å². The maximum Gasteiger partial charge on any atom is 0.169 e. The van der Waals surface area contributed by atoms with Gasteiger partial charge in [0.05, 0.1) is 4.47 Å². The van der Waals surface area contributed by atoms with Gasteiger partial charge < -0.3 is 10.1 Å². The summed E-state index contributed by atoms with van der Waals surface area (Å²) in [5.74, 6) is -0.453. The normalized spacial score (nSPS) is 9.39. The summed E-state index contributed by atoms with van der Waals surface area (Å²) >= 11 is 3.26. The van der Waals surface area contributed by atoms with E-state index in [2.05, 4.69) is 21.2 Å². The van der Waals surface area contributed by atoms with Crippen molar-refractivity contribution in [3.05, 3.63) is 70.1 Å². The summed E-state index contributed by atoms with van der Waals surface area (Å²) in [6, 6.07) is 15.7. The number of halogens is 2. The van der Waals surface area contributed by atoms with Crippen LogP contribution in [0.4, 0.5) is 10.1 Å². The molecule has 0 aliphatic carbocycles. The standard InChI is InChI=1S/C17H11BrFN3O/c18-15-6-14(22-10-13(8-20)9-21)7-16(19)17(15)23-11-12-4-2-1-3-5-12/h1-7,10,22H,11H2. The van der Waals surface area contributed by atoms with Gasteiger partial charge in [0.2, 0.25) is 0 Å². The van der Waals surface area contributed by atoms with Gasteiger partial charge in [0.25, 0.3) is 0 Å². The Balaban J connectivity index is 2.13. The lowest BCUT2D eigenvalue weighted by Crippen LogP contribution is -1.99.